The van der Waals surface area contributed by atoms with E-state index in [2.05, 4.69) is 20.9 Å². The smallest absolute Gasteiger partial charge is 0.394 e. The molecule has 0 amide bonds. The molecule has 0 aliphatic carbocycles. The van der Waals surface area contributed by atoms with Gasteiger partial charge in [0.25, 0.3) is 0 Å². The second-order valence-electron chi connectivity index (χ2n) is 4.21. The summed E-state index contributed by atoms with van der Waals surface area (Å²) in [5, 5.41) is 9.24. The van der Waals surface area contributed by atoms with Gasteiger partial charge in [0, 0.05) is 16.9 Å². The average Bonchev–Trinajstić information content (AvgIpc) is 2.25. The molecule has 0 saturated heterocycles. The van der Waals surface area contributed by atoms with Crippen molar-refractivity contribution in [2.24, 2.45) is 0 Å². The zero-order valence-corrected chi connectivity index (χ0v) is 12.4. The lowest BCUT2D eigenvalue weighted by Crippen LogP contribution is -2.38. The molecule has 19 heavy (non-hydrogen) atoms. The summed E-state index contributed by atoms with van der Waals surface area (Å²) in [7, 11) is -3.99. The van der Waals surface area contributed by atoms with Crippen molar-refractivity contribution < 1.29 is 26.7 Å². The van der Waals surface area contributed by atoms with Crippen molar-refractivity contribution in [3.63, 3.8) is 0 Å². The van der Waals surface area contributed by atoms with E-state index in [1.165, 1.54) is 0 Å². The van der Waals surface area contributed by atoms with Crippen molar-refractivity contribution in [3.8, 4) is 0 Å². The summed E-state index contributed by atoms with van der Waals surface area (Å²) in [6.07, 6.45) is -2.95. The predicted molar refractivity (Wildman–Crippen MR) is 66.2 cm³/mol. The van der Waals surface area contributed by atoms with E-state index in [1.807, 2.05) is 0 Å². The van der Waals surface area contributed by atoms with Gasteiger partial charge in [-0.05, 0) is 28.9 Å². The summed E-state index contributed by atoms with van der Waals surface area (Å²) in [4.78, 5) is 3.55. The monoisotopic (exact) mass is 361 g/mol. The summed E-state index contributed by atoms with van der Waals surface area (Å²) in [5.74, 6) is 0. The fraction of sp³-hybridized carbons (Fsp3) is 0.500. The first-order chi connectivity index (χ1) is 8.43. The number of alkyl halides is 3. The quantitative estimate of drug-likeness (QED) is 0.895. The van der Waals surface area contributed by atoms with Gasteiger partial charge in [0.05, 0.1) is 17.9 Å². The highest BCUT2D eigenvalue weighted by Gasteiger charge is 2.46. The van der Waals surface area contributed by atoms with Gasteiger partial charge in [-0.2, -0.15) is 13.2 Å². The predicted octanol–water partition coefficient (Wildman–Crippen LogP) is 2.11. The van der Waals surface area contributed by atoms with Crippen LogP contribution in [0, 0.1) is 0 Å². The lowest BCUT2D eigenvalue weighted by atomic mass is 10.0. The van der Waals surface area contributed by atoms with Crippen molar-refractivity contribution in [1.82, 2.24) is 4.98 Å². The number of aliphatic hydroxyl groups is 1. The number of hydrogen-bond acceptors (Lipinski definition) is 4. The van der Waals surface area contributed by atoms with Crippen molar-refractivity contribution in [2.45, 2.75) is 17.8 Å². The molecule has 1 aromatic rings. The first kappa shape index (κ1) is 16.4. The molecule has 1 aromatic heterocycles. The van der Waals surface area contributed by atoms with E-state index < -0.39 is 38.6 Å². The minimum absolute atomic E-state index is 0.0670. The number of nitrogens with zero attached hydrogens (tertiary/aromatic N) is 1. The maximum atomic E-state index is 12.9. The largest absolute Gasteiger partial charge is 0.418 e. The number of hydrogen-bond donors (Lipinski definition) is 1. The molecular weight excluding hydrogens is 351 g/mol. The van der Waals surface area contributed by atoms with E-state index in [0.717, 1.165) is 25.4 Å². The summed E-state index contributed by atoms with van der Waals surface area (Å²) >= 11 is 2.85. The van der Waals surface area contributed by atoms with Crippen LogP contribution < -0.4 is 0 Å². The van der Waals surface area contributed by atoms with E-state index in [4.69, 9.17) is 0 Å². The van der Waals surface area contributed by atoms with E-state index in [0.29, 0.717) is 0 Å². The van der Waals surface area contributed by atoms with Gasteiger partial charge >= 0.3 is 6.18 Å². The molecule has 1 N–H and O–H groups in total. The lowest BCUT2D eigenvalue weighted by molar-refractivity contribution is -0.138. The normalized spacial score (nSPS) is 16.2. The molecule has 1 atom stereocenters. The number of pyridine rings is 1. The van der Waals surface area contributed by atoms with Crippen LogP contribution in [0.15, 0.2) is 16.7 Å². The highest BCUT2D eigenvalue weighted by molar-refractivity contribution is 9.10. The maximum Gasteiger partial charge on any atom is 0.418 e. The molecule has 1 rings (SSSR count). The zero-order valence-electron chi connectivity index (χ0n) is 9.99. The van der Waals surface area contributed by atoms with Crippen molar-refractivity contribution in [1.29, 1.82) is 0 Å². The third-order valence-corrected chi connectivity index (χ3v) is 5.17. The molecule has 0 saturated carbocycles. The molecule has 0 bridgehead atoms. The molecular formula is C10H11BrF3NO3S. The van der Waals surface area contributed by atoms with Gasteiger partial charge in [-0.3, -0.25) is 4.98 Å². The molecule has 0 aliphatic rings. The molecule has 0 aromatic carbocycles. The Bertz CT molecular complexity index is 588. The van der Waals surface area contributed by atoms with Crippen LogP contribution in [0.25, 0.3) is 0 Å². The van der Waals surface area contributed by atoms with Crippen LogP contribution in [0.2, 0.25) is 0 Å². The molecule has 0 fully saturated rings. The van der Waals surface area contributed by atoms with E-state index >= 15 is 0 Å². The Morgan fingerprint density at radius 3 is 2.32 bits per heavy atom. The molecule has 0 aliphatic heterocycles. The minimum atomic E-state index is -4.77. The minimum Gasteiger partial charge on any atom is -0.394 e. The van der Waals surface area contributed by atoms with Gasteiger partial charge in [0.15, 0.2) is 9.84 Å². The van der Waals surface area contributed by atoms with Gasteiger partial charge in [-0.25, -0.2) is 8.42 Å². The first-order valence-corrected chi connectivity index (χ1v) is 7.65. The third-order valence-electron chi connectivity index (χ3n) is 2.78. The first-order valence-electron chi connectivity index (χ1n) is 4.97. The molecule has 0 spiro atoms. The number of halogens is 4. The Morgan fingerprint density at radius 1 is 1.42 bits per heavy atom. The Morgan fingerprint density at radius 2 is 1.95 bits per heavy atom. The SMILES string of the molecule is CC(CO)(c1ncc(Br)cc1C(F)(F)F)S(C)(=O)=O. The topological polar surface area (TPSA) is 67.3 Å². The van der Waals surface area contributed by atoms with E-state index in [1.54, 1.807) is 0 Å². The van der Waals surface area contributed by atoms with Crippen LogP contribution in [0.5, 0.6) is 0 Å². The second-order valence-corrected chi connectivity index (χ2v) is 7.57. The molecule has 9 heteroatoms. The fourth-order valence-corrected chi connectivity index (χ4v) is 2.52. The van der Waals surface area contributed by atoms with Crippen molar-refractivity contribution in [3.05, 3.63) is 28.0 Å². The van der Waals surface area contributed by atoms with Crippen LogP contribution in [0.3, 0.4) is 0 Å². The molecule has 108 valence electrons. The van der Waals surface area contributed by atoms with Crippen molar-refractivity contribution in [2.75, 3.05) is 12.9 Å². The number of rotatable bonds is 3. The van der Waals surface area contributed by atoms with Crippen LogP contribution in [0.1, 0.15) is 18.2 Å². The molecule has 0 radical (unpaired) electrons. The van der Waals surface area contributed by atoms with Crippen LogP contribution >= 0.6 is 15.9 Å². The highest BCUT2D eigenvalue weighted by atomic mass is 79.9. The third kappa shape index (κ3) is 3.09. The summed E-state index contributed by atoms with van der Waals surface area (Å²) in [6.45, 7) is 0.0113. The number of aliphatic hydroxyl groups excluding tert-OH is 1. The second kappa shape index (κ2) is 5.02. The highest BCUT2D eigenvalue weighted by Crippen LogP contribution is 2.39. The van der Waals surface area contributed by atoms with Gasteiger partial charge < -0.3 is 5.11 Å². The number of aromatic nitrogens is 1. The van der Waals surface area contributed by atoms with E-state index in [9.17, 15) is 26.7 Å². The van der Waals surface area contributed by atoms with Crippen molar-refractivity contribution >= 4 is 25.8 Å². The summed E-state index contributed by atoms with van der Waals surface area (Å²) in [5.41, 5.74) is -1.91. The lowest BCUT2D eigenvalue weighted by Gasteiger charge is -2.27. The summed E-state index contributed by atoms with van der Waals surface area (Å²) in [6, 6.07) is 0.738. The molecule has 4 nitrogen and oxygen atoms in total. The zero-order chi connectivity index (χ0) is 15.1. The molecule has 1 heterocycles. The van der Waals surface area contributed by atoms with Crippen LogP contribution in [0.4, 0.5) is 13.2 Å². The van der Waals surface area contributed by atoms with E-state index in [-0.39, 0.29) is 4.47 Å². The Balaban J connectivity index is 3.68. The van der Waals surface area contributed by atoms with Crippen LogP contribution in [-0.4, -0.2) is 31.4 Å². The van der Waals surface area contributed by atoms with Gasteiger partial charge in [0.2, 0.25) is 0 Å². The number of sulfone groups is 1. The Kier molecular flexibility index (Phi) is 4.33. The fourth-order valence-electron chi connectivity index (χ4n) is 1.44. The van der Waals surface area contributed by atoms with Gasteiger partial charge in [0.1, 0.15) is 4.75 Å². The Labute approximate surface area is 116 Å². The average molecular weight is 362 g/mol. The van der Waals surface area contributed by atoms with Gasteiger partial charge in [-0.1, -0.05) is 0 Å². The van der Waals surface area contributed by atoms with Crippen LogP contribution in [-0.2, 0) is 20.8 Å². The maximum absolute atomic E-state index is 12.9. The van der Waals surface area contributed by atoms with Gasteiger partial charge in [-0.15, -0.1) is 0 Å². The standard InChI is InChI=1S/C10H11BrF3NO3S/c1-9(5-16,19(2,17)18)8-7(10(12,13)14)3-6(11)4-15-8/h3-4,16H,5H2,1-2H3. The summed E-state index contributed by atoms with van der Waals surface area (Å²) < 4.78 is 60.1. The Hall–Kier alpha value is -0.670. The molecule has 1 unspecified atom stereocenters.